The molecule has 0 bridgehead atoms. The number of carbonyl (C=O) groups excluding carboxylic acids is 1. The molecule has 0 saturated heterocycles. The number of aromatic carboxylic acids is 1. The van der Waals surface area contributed by atoms with E-state index in [1.165, 1.54) is 0 Å². The Morgan fingerprint density at radius 2 is 1.15 bits per heavy atom. The van der Waals surface area contributed by atoms with Crippen LogP contribution in [0.25, 0.3) is 21.8 Å². The Morgan fingerprint density at radius 1 is 0.708 bits per heavy atom. The summed E-state index contributed by atoms with van der Waals surface area (Å²) in [5, 5.41) is 17.6. The highest BCUT2D eigenvalue weighted by Crippen LogP contribution is 2.34. The molecule has 0 aliphatic heterocycles. The highest BCUT2D eigenvalue weighted by Gasteiger charge is 2.22. The van der Waals surface area contributed by atoms with E-state index in [-0.39, 0.29) is 28.6 Å². The van der Waals surface area contributed by atoms with E-state index in [0.29, 0.717) is 45.7 Å². The van der Waals surface area contributed by atoms with Gasteiger partial charge >= 0.3 is 11.9 Å². The molecule has 0 aliphatic carbocycles. The van der Waals surface area contributed by atoms with Crippen LogP contribution in [0, 0.1) is 0 Å². The zero-order valence-corrected chi connectivity index (χ0v) is 30.1. The average Bonchev–Trinajstić information content (AvgIpc) is 3.08. The lowest BCUT2D eigenvalue weighted by Crippen LogP contribution is -2.12. The summed E-state index contributed by atoms with van der Waals surface area (Å²) >= 11 is 19.6. The zero-order chi connectivity index (χ0) is 34.2. The van der Waals surface area contributed by atoms with Gasteiger partial charge in [-0.15, -0.1) is 0 Å². The molecule has 0 amide bonds. The molecule has 12 heteroatoms. The number of carboxylic acid groups (broad SMARTS) is 1. The summed E-state index contributed by atoms with van der Waals surface area (Å²) in [4.78, 5) is 33.0. The molecule has 0 radical (unpaired) electrons. The summed E-state index contributed by atoms with van der Waals surface area (Å²) in [6.07, 6.45) is 0. The van der Waals surface area contributed by atoms with Gasteiger partial charge in [0.05, 0.1) is 27.7 Å². The number of benzene rings is 4. The maximum atomic E-state index is 12.4. The van der Waals surface area contributed by atoms with Crippen molar-refractivity contribution in [3.8, 4) is 0 Å². The summed E-state index contributed by atoms with van der Waals surface area (Å²) in [7, 11) is 0. The number of ether oxygens (including phenoxy) is 1. The van der Waals surface area contributed by atoms with E-state index < -0.39 is 11.9 Å². The van der Waals surface area contributed by atoms with Gasteiger partial charge in [0, 0.05) is 32.8 Å². The Bertz CT molecular complexity index is 2100. The van der Waals surface area contributed by atoms with Gasteiger partial charge in [0.2, 0.25) is 0 Å². The smallest absolute Gasteiger partial charge is 0.343 e. The number of nitrogens with one attached hydrogen (secondary N) is 2. The first kappa shape index (κ1) is 35.1. The normalized spacial score (nSPS) is 10.7. The van der Waals surface area contributed by atoms with Crippen molar-refractivity contribution < 1.29 is 19.4 Å². The molecule has 4 aromatic carbocycles. The Balaban J connectivity index is 0.000000188. The highest BCUT2D eigenvalue weighted by atomic mass is 79.9. The number of aromatic nitrogens is 2. The van der Waals surface area contributed by atoms with E-state index >= 15 is 0 Å². The molecule has 6 aromatic rings. The van der Waals surface area contributed by atoms with Gasteiger partial charge in [-0.1, -0.05) is 116 Å². The Morgan fingerprint density at radius 3 is 1.58 bits per heavy atom. The molecule has 0 saturated carbocycles. The predicted octanol–water partition coefficient (Wildman–Crippen LogP) is 10.4. The first-order valence-electron chi connectivity index (χ1n) is 14.7. The van der Waals surface area contributed by atoms with E-state index in [1.54, 1.807) is 19.1 Å². The number of fused-ring (bicyclic) bond motifs is 2. The second kappa shape index (κ2) is 16.3. The molecule has 2 aromatic heterocycles. The van der Waals surface area contributed by atoms with Gasteiger partial charge < -0.3 is 20.5 Å². The van der Waals surface area contributed by atoms with Crippen molar-refractivity contribution in [3.05, 3.63) is 138 Å². The van der Waals surface area contributed by atoms with Crippen molar-refractivity contribution in [1.82, 2.24) is 9.97 Å². The third-order valence-electron chi connectivity index (χ3n) is 7.07. The largest absolute Gasteiger partial charge is 0.478 e. The second-order valence-corrected chi connectivity index (χ2v) is 12.9. The molecular formula is C36H28Br2Cl2N4O4. The van der Waals surface area contributed by atoms with Crippen molar-refractivity contribution in [2.45, 2.75) is 20.0 Å². The van der Waals surface area contributed by atoms with E-state index in [4.69, 9.17) is 27.9 Å². The lowest BCUT2D eigenvalue weighted by molar-refractivity contribution is 0.0527. The topological polar surface area (TPSA) is 113 Å². The highest BCUT2D eigenvalue weighted by molar-refractivity contribution is 9.10. The summed E-state index contributed by atoms with van der Waals surface area (Å²) in [5.41, 5.74) is 3.68. The fourth-order valence-electron chi connectivity index (χ4n) is 4.80. The molecule has 0 spiro atoms. The van der Waals surface area contributed by atoms with Crippen molar-refractivity contribution >= 4 is 100 Å². The minimum Gasteiger partial charge on any atom is -0.478 e. The number of carboxylic acids is 1. The van der Waals surface area contributed by atoms with Gasteiger partial charge in [-0.2, -0.15) is 0 Å². The van der Waals surface area contributed by atoms with Gasteiger partial charge in [0.25, 0.3) is 0 Å². The van der Waals surface area contributed by atoms with Crippen LogP contribution in [0.3, 0.4) is 0 Å². The number of nitrogens with zero attached hydrogens (tertiary/aromatic N) is 2. The van der Waals surface area contributed by atoms with Crippen molar-refractivity contribution in [3.63, 3.8) is 0 Å². The summed E-state index contributed by atoms with van der Waals surface area (Å²) < 4.78 is 6.84. The number of rotatable bonds is 9. The van der Waals surface area contributed by atoms with Crippen LogP contribution < -0.4 is 10.6 Å². The lowest BCUT2D eigenvalue weighted by atomic mass is 10.1. The van der Waals surface area contributed by atoms with Gasteiger partial charge in [-0.05, 0) is 54.4 Å². The van der Waals surface area contributed by atoms with Gasteiger partial charge in [-0.25, -0.2) is 19.6 Å². The van der Waals surface area contributed by atoms with Crippen LogP contribution in [0.1, 0.15) is 38.8 Å². The van der Waals surface area contributed by atoms with Crippen LogP contribution in [0.5, 0.6) is 0 Å². The molecule has 0 fully saturated rings. The van der Waals surface area contributed by atoms with Gasteiger partial charge in [-0.3, -0.25) is 0 Å². The van der Waals surface area contributed by atoms with Crippen molar-refractivity contribution in [2.75, 3.05) is 17.2 Å². The SMILES string of the molecule is CCOC(=O)c1c(NCc2ccccc2)nc2ccc(Br)cc2c1Cl.O=C(O)c1c(NCc2ccccc2)nc2ccc(Br)cc2c1Cl. The summed E-state index contributed by atoms with van der Waals surface area (Å²) in [5.74, 6) is -0.916. The van der Waals surface area contributed by atoms with E-state index in [9.17, 15) is 14.7 Å². The summed E-state index contributed by atoms with van der Waals surface area (Å²) in [6, 6.07) is 30.5. The van der Waals surface area contributed by atoms with Gasteiger partial charge in [0.1, 0.15) is 22.8 Å². The standard InChI is InChI=1S/C19H16BrClN2O2.C17H12BrClN2O2/c1-2-25-19(24)16-17(21)14-10-13(20)8-9-15(14)23-18(16)22-11-12-6-4-3-5-7-12;18-11-6-7-13-12(8-11)15(19)14(17(22)23)16(21-13)20-9-10-4-2-1-3-5-10/h3-10H,2,11H2,1H3,(H,22,23);1-8H,9H2,(H,20,21)(H,22,23). The van der Waals surface area contributed by atoms with E-state index in [0.717, 1.165) is 20.1 Å². The minimum atomic E-state index is -1.11. The summed E-state index contributed by atoms with van der Waals surface area (Å²) in [6.45, 7) is 3.02. The van der Waals surface area contributed by atoms with Crippen LogP contribution in [-0.4, -0.2) is 33.6 Å². The third kappa shape index (κ3) is 8.43. The number of anilines is 2. The zero-order valence-electron chi connectivity index (χ0n) is 25.4. The minimum absolute atomic E-state index is 0.0202. The third-order valence-corrected chi connectivity index (χ3v) is 8.84. The molecule has 2 heterocycles. The number of pyridine rings is 2. The van der Waals surface area contributed by atoms with E-state index in [2.05, 4.69) is 52.5 Å². The van der Waals surface area contributed by atoms with Crippen LogP contribution in [0.4, 0.5) is 11.6 Å². The monoisotopic (exact) mass is 808 g/mol. The van der Waals surface area contributed by atoms with Crippen LogP contribution >= 0.6 is 55.1 Å². The lowest BCUT2D eigenvalue weighted by Gasteiger charge is -2.14. The molecule has 0 unspecified atom stereocenters. The van der Waals surface area contributed by atoms with Crippen molar-refractivity contribution in [2.24, 2.45) is 0 Å². The quantitative estimate of drug-likeness (QED) is 0.124. The molecular weight excluding hydrogens is 783 g/mol. The molecule has 0 aliphatic rings. The maximum absolute atomic E-state index is 12.4. The molecule has 8 nitrogen and oxygen atoms in total. The fourth-order valence-corrected chi connectivity index (χ4v) is 6.16. The molecule has 0 atom stereocenters. The number of hydrogen-bond acceptors (Lipinski definition) is 7. The van der Waals surface area contributed by atoms with E-state index in [1.807, 2.05) is 84.9 Å². The number of hydrogen-bond donors (Lipinski definition) is 3. The number of carbonyl (C=O) groups is 2. The average molecular weight is 811 g/mol. The number of halogens is 4. The fraction of sp³-hybridized carbons (Fsp3) is 0.111. The molecule has 6 rings (SSSR count). The van der Waals surface area contributed by atoms with Gasteiger partial charge in [0.15, 0.2) is 0 Å². The van der Waals surface area contributed by atoms with Crippen LogP contribution in [-0.2, 0) is 17.8 Å². The first-order valence-corrected chi connectivity index (χ1v) is 17.0. The Labute approximate surface area is 303 Å². The molecule has 244 valence electrons. The molecule has 48 heavy (non-hydrogen) atoms. The van der Waals surface area contributed by atoms with Crippen LogP contribution in [0.15, 0.2) is 106 Å². The first-order chi connectivity index (χ1) is 23.2. The predicted molar refractivity (Wildman–Crippen MR) is 199 cm³/mol. The molecule has 3 N–H and O–H groups in total. The second-order valence-electron chi connectivity index (χ2n) is 10.3. The number of esters is 1. The Kier molecular flexibility index (Phi) is 11.9. The maximum Gasteiger partial charge on any atom is 0.343 e. The van der Waals surface area contributed by atoms with Crippen LogP contribution in [0.2, 0.25) is 10.0 Å². The Hall–Kier alpha value is -4.22. The van der Waals surface area contributed by atoms with Crippen molar-refractivity contribution in [1.29, 1.82) is 0 Å².